The van der Waals surface area contributed by atoms with E-state index in [0.29, 0.717) is 22.0 Å². The van der Waals surface area contributed by atoms with E-state index in [1.54, 1.807) is 0 Å². The number of halogens is 3. The molecular formula is C12H16BrCl2N. The first kappa shape index (κ1) is 14.1. The Labute approximate surface area is 116 Å². The largest absolute Gasteiger partial charge is 0.380 e. The lowest BCUT2D eigenvalue weighted by Crippen LogP contribution is -2.17. The Bertz CT molecular complexity index is 343. The molecule has 90 valence electrons. The van der Waals surface area contributed by atoms with Crippen molar-refractivity contribution in [3.8, 4) is 0 Å². The Kier molecular flexibility index (Phi) is 5.42. The highest BCUT2D eigenvalue weighted by molar-refractivity contribution is 9.10. The summed E-state index contributed by atoms with van der Waals surface area (Å²) in [6.45, 7) is 6.53. The van der Waals surface area contributed by atoms with Crippen LogP contribution in [-0.2, 0) is 0 Å². The standard InChI is InChI=1S/C12H16BrCl2N/c1-7(2)4-8(3)16-12-10(14)5-9(13)6-11(12)15/h5-8,16H,4H2,1-3H3. The normalized spacial score (nSPS) is 12.9. The predicted octanol–water partition coefficient (Wildman–Crippen LogP) is 5.60. The van der Waals surface area contributed by atoms with E-state index >= 15 is 0 Å². The van der Waals surface area contributed by atoms with Crippen LogP contribution in [-0.4, -0.2) is 6.04 Å². The minimum Gasteiger partial charge on any atom is -0.380 e. The summed E-state index contributed by atoms with van der Waals surface area (Å²) in [6.07, 6.45) is 1.09. The summed E-state index contributed by atoms with van der Waals surface area (Å²) >= 11 is 15.6. The molecule has 0 aliphatic carbocycles. The van der Waals surface area contributed by atoms with Crippen LogP contribution < -0.4 is 5.32 Å². The number of anilines is 1. The topological polar surface area (TPSA) is 12.0 Å². The van der Waals surface area contributed by atoms with Crippen molar-refractivity contribution in [2.24, 2.45) is 5.92 Å². The van der Waals surface area contributed by atoms with Crippen LogP contribution >= 0.6 is 39.1 Å². The van der Waals surface area contributed by atoms with Gasteiger partial charge in [0, 0.05) is 10.5 Å². The van der Waals surface area contributed by atoms with Crippen molar-refractivity contribution >= 4 is 44.8 Å². The highest BCUT2D eigenvalue weighted by Gasteiger charge is 2.11. The van der Waals surface area contributed by atoms with Gasteiger partial charge in [0.1, 0.15) is 0 Å². The molecule has 1 aromatic carbocycles. The van der Waals surface area contributed by atoms with E-state index in [4.69, 9.17) is 23.2 Å². The lowest BCUT2D eigenvalue weighted by atomic mass is 10.1. The molecule has 0 saturated carbocycles. The fourth-order valence-corrected chi connectivity index (χ4v) is 3.01. The van der Waals surface area contributed by atoms with Gasteiger partial charge in [-0.15, -0.1) is 0 Å². The SMILES string of the molecule is CC(C)CC(C)Nc1c(Cl)cc(Br)cc1Cl. The number of hydrogen-bond acceptors (Lipinski definition) is 1. The van der Waals surface area contributed by atoms with Gasteiger partial charge in [-0.05, 0) is 31.4 Å². The van der Waals surface area contributed by atoms with Crippen LogP contribution in [0.3, 0.4) is 0 Å². The molecule has 1 rings (SSSR count). The van der Waals surface area contributed by atoms with Gasteiger partial charge in [-0.1, -0.05) is 53.0 Å². The molecule has 0 aliphatic heterocycles. The number of benzene rings is 1. The first-order valence-electron chi connectivity index (χ1n) is 5.31. The van der Waals surface area contributed by atoms with E-state index in [1.165, 1.54) is 0 Å². The minimum atomic E-state index is 0.358. The molecule has 0 spiro atoms. The first-order valence-corrected chi connectivity index (χ1v) is 6.86. The molecular weight excluding hydrogens is 309 g/mol. The van der Waals surface area contributed by atoms with Gasteiger partial charge in [0.25, 0.3) is 0 Å². The van der Waals surface area contributed by atoms with Gasteiger partial charge >= 0.3 is 0 Å². The van der Waals surface area contributed by atoms with E-state index < -0.39 is 0 Å². The molecule has 4 heteroatoms. The van der Waals surface area contributed by atoms with Crippen LogP contribution in [0.2, 0.25) is 10.0 Å². The van der Waals surface area contributed by atoms with Gasteiger partial charge in [0.15, 0.2) is 0 Å². The molecule has 16 heavy (non-hydrogen) atoms. The summed E-state index contributed by atoms with van der Waals surface area (Å²) in [7, 11) is 0. The van der Waals surface area contributed by atoms with Crippen LogP contribution in [0.5, 0.6) is 0 Å². The van der Waals surface area contributed by atoms with Crippen LogP contribution in [0, 0.1) is 5.92 Å². The van der Waals surface area contributed by atoms with Gasteiger partial charge < -0.3 is 5.32 Å². The molecule has 0 aromatic heterocycles. The first-order chi connectivity index (χ1) is 7.40. The average Bonchev–Trinajstić information content (AvgIpc) is 2.09. The molecule has 0 aliphatic rings. The fourth-order valence-electron chi connectivity index (χ4n) is 1.69. The van der Waals surface area contributed by atoms with Crippen LogP contribution in [0.1, 0.15) is 27.2 Å². The second-order valence-corrected chi connectivity index (χ2v) is 6.15. The van der Waals surface area contributed by atoms with Crippen molar-refractivity contribution < 1.29 is 0 Å². The quantitative estimate of drug-likeness (QED) is 0.759. The second kappa shape index (κ2) is 6.13. The van der Waals surface area contributed by atoms with E-state index in [-0.39, 0.29) is 0 Å². The molecule has 0 radical (unpaired) electrons. The van der Waals surface area contributed by atoms with Gasteiger partial charge in [-0.3, -0.25) is 0 Å². The molecule has 1 atom stereocenters. The maximum Gasteiger partial charge on any atom is 0.0721 e. The Morgan fingerprint density at radius 3 is 2.12 bits per heavy atom. The number of hydrogen-bond donors (Lipinski definition) is 1. The molecule has 0 fully saturated rings. The molecule has 1 aromatic rings. The van der Waals surface area contributed by atoms with Gasteiger partial charge in [0.05, 0.1) is 15.7 Å². The molecule has 1 unspecified atom stereocenters. The van der Waals surface area contributed by atoms with Crippen molar-refractivity contribution in [2.75, 3.05) is 5.32 Å². The molecule has 0 heterocycles. The van der Waals surface area contributed by atoms with E-state index in [1.807, 2.05) is 12.1 Å². The second-order valence-electron chi connectivity index (χ2n) is 4.42. The summed E-state index contributed by atoms with van der Waals surface area (Å²) in [4.78, 5) is 0. The van der Waals surface area contributed by atoms with Crippen LogP contribution in [0.15, 0.2) is 16.6 Å². The highest BCUT2D eigenvalue weighted by atomic mass is 79.9. The molecule has 0 saturated heterocycles. The molecule has 1 nitrogen and oxygen atoms in total. The summed E-state index contributed by atoms with van der Waals surface area (Å²) in [5.41, 5.74) is 0.819. The monoisotopic (exact) mass is 323 g/mol. The van der Waals surface area contributed by atoms with Crippen molar-refractivity contribution in [3.63, 3.8) is 0 Å². The summed E-state index contributed by atoms with van der Waals surface area (Å²) < 4.78 is 0.893. The van der Waals surface area contributed by atoms with E-state index in [0.717, 1.165) is 16.6 Å². The third-order valence-electron chi connectivity index (χ3n) is 2.22. The summed E-state index contributed by atoms with van der Waals surface area (Å²) in [6, 6.07) is 4.05. The fraction of sp³-hybridized carbons (Fsp3) is 0.500. The molecule has 0 bridgehead atoms. The Balaban J connectivity index is 2.81. The third-order valence-corrected chi connectivity index (χ3v) is 3.28. The van der Waals surface area contributed by atoms with E-state index in [2.05, 4.69) is 42.0 Å². The van der Waals surface area contributed by atoms with Crippen molar-refractivity contribution in [2.45, 2.75) is 33.2 Å². The maximum absolute atomic E-state index is 6.14. The highest BCUT2D eigenvalue weighted by Crippen LogP contribution is 2.34. The summed E-state index contributed by atoms with van der Waals surface area (Å²) in [5.74, 6) is 0.649. The maximum atomic E-state index is 6.14. The number of rotatable bonds is 4. The third kappa shape index (κ3) is 4.15. The Morgan fingerprint density at radius 1 is 1.19 bits per heavy atom. The van der Waals surface area contributed by atoms with Crippen LogP contribution in [0.4, 0.5) is 5.69 Å². The zero-order valence-corrected chi connectivity index (χ0v) is 12.7. The zero-order chi connectivity index (χ0) is 12.3. The van der Waals surface area contributed by atoms with Crippen molar-refractivity contribution in [1.82, 2.24) is 0 Å². The lowest BCUT2D eigenvalue weighted by Gasteiger charge is -2.19. The Hall–Kier alpha value is 0.0800. The van der Waals surface area contributed by atoms with Crippen molar-refractivity contribution in [1.29, 1.82) is 0 Å². The predicted molar refractivity (Wildman–Crippen MR) is 76.7 cm³/mol. The average molecular weight is 325 g/mol. The number of nitrogens with one attached hydrogen (secondary N) is 1. The summed E-state index contributed by atoms with van der Waals surface area (Å²) in [5, 5.41) is 4.65. The van der Waals surface area contributed by atoms with Gasteiger partial charge in [-0.25, -0.2) is 0 Å². The molecule has 1 N–H and O–H groups in total. The van der Waals surface area contributed by atoms with Crippen molar-refractivity contribution in [3.05, 3.63) is 26.7 Å². The van der Waals surface area contributed by atoms with E-state index in [9.17, 15) is 0 Å². The smallest absolute Gasteiger partial charge is 0.0721 e. The lowest BCUT2D eigenvalue weighted by molar-refractivity contribution is 0.540. The zero-order valence-electron chi connectivity index (χ0n) is 9.65. The Morgan fingerprint density at radius 2 is 1.69 bits per heavy atom. The van der Waals surface area contributed by atoms with Crippen LogP contribution in [0.25, 0.3) is 0 Å². The minimum absolute atomic E-state index is 0.358. The molecule has 0 amide bonds. The van der Waals surface area contributed by atoms with Gasteiger partial charge in [0.2, 0.25) is 0 Å². The van der Waals surface area contributed by atoms with Gasteiger partial charge in [-0.2, -0.15) is 0 Å².